The van der Waals surface area contributed by atoms with Gasteiger partial charge in [0.2, 0.25) is 0 Å². The standard InChI is InChI=1S/C22H17FN2O4/c23-16-4-1-3-14(9-16)12-28-18-6-2-5-17(11-18)24-22(27)15-7-8-20-19(10-15)25-21(26)13-29-20/h1-11H,12-13H2,(H,24,27)(H,25,26). The smallest absolute Gasteiger partial charge is 0.262 e. The van der Waals surface area contributed by atoms with E-state index in [1.54, 1.807) is 54.6 Å². The molecular formula is C22H17FN2O4. The SMILES string of the molecule is O=C1COc2ccc(C(=O)Nc3cccc(OCc4cccc(F)c4)c3)cc2N1. The predicted molar refractivity (Wildman–Crippen MR) is 106 cm³/mol. The van der Waals surface area contributed by atoms with Crippen molar-refractivity contribution >= 4 is 23.2 Å². The van der Waals surface area contributed by atoms with E-state index in [1.165, 1.54) is 12.1 Å². The molecule has 0 fully saturated rings. The van der Waals surface area contributed by atoms with Crippen molar-refractivity contribution in [3.63, 3.8) is 0 Å². The number of fused-ring (bicyclic) bond motifs is 1. The van der Waals surface area contributed by atoms with Gasteiger partial charge in [0.1, 0.15) is 23.9 Å². The molecule has 0 saturated heterocycles. The van der Waals surface area contributed by atoms with Crippen LogP contribution in [0.25, 0.3) is 0 Å². The number of hydrogen-bond acceptors (Lipinski definition) is 4. The van der Waals surface area contributed by atoms with E-state index in [0.717, 1.165) is 0 Å². The normalized spacial score (nSPS) is 12.4. The third-order valence-corrected chi connectivity index (χ3v) is 4.26. The molecule has 3 aromatic rings. The first-order chi connectivity index (χ1) is 14.1. The molecule has 3 aromatic carbocycles. The Labute approximate surface area is 166 Å². The van der Waals surface area contributed by atoms with Crippen LogP contribution < -0.4 is 20.1 Å². The monoisotopic (exact) mass is 392 g/mol. The lowest BCUT2D eigenvalue weighted by atomic mass is 10.1. The van der Waals surface area contributed by atoms with Gasteiger partial charge in [0, 0.05) is 17.3 Å². The van der Waals surface area contributed by atoms with Gasteiger partial charge >= 0.3 is 0 Å². The maximum absolute atomic E-state index is 13.3. The van der Waals surface area contributed by atoms with Crippen LogP contribution in [0.4, 0.5) is 15.8 Å². The van der Waals surface area contributed by atoms with Crippen LogP contribution in [0.3, 0.4) is 0 Å². The average molecular weight is 392 g/mol. The van der Waals surface area contributed by atoms with Crippen LogP contribution in [-0.2, 0) is 11.4 Å². The van der Waals surface area contributed by atoms with Crippen molar-refractivity contribution in [2.45, 2.75) is 6.61 Å². The highest BCUT2D eigenvalue weighted by Gasteiger charge is 2.18. The Morgan fingerprint density at radius 3 is 2.83 bits per heavy atom. The van der Waals surface area contributed by atoms with Gasteiger partial charge in [-0.05, 0) is 48.0 Å². The van der Waals surface area contributed by atoms with Crippen molar-refractivity contribution < 1.29 is 23.5 Å². The van der Waals surface area contributed by atoms with Gasteiger partial charge in [-0.1, -0.05) is 18.2 Å². The highest BCUT2D eigenvalue weighted by atomic mass is 19.1. The number of benzene rings is 3. The molecule has 7 heteroatoms. The Bertz CT molecular complexity index is 1080. The summed E-state index contributed by atoms with van der Waals surface area (Å²) in [5.41, 5.74) is 2.09. The van der Waals surface area contributed by atoms with Crippen LogP contribution >= 0.6 is 0 Å². The maximum atomic E-state index is 13.3. The highest BCUT2D eigenvalue weighted by molar-refractivity contribution is 6.06. The summed E-state index contributed by atoms with van der Waals surface area (Å²) in [5.74, 6) is 0.138. The second-order valence-electron chi connectivity index (χ2n) is 6.45. The summed E-state index contributed by atoms with van der Waals surface area (Å²) < 4.78 is 24.2. The fourth-order valence-corrected chi connectivity index (χ4v) is 2.88. The Balaban J connectivity index is 1.43. The third kappa shape index (κ3) is 4.52. The Morgan fingerprint density at radius 2 is 1.97 bits per heavy atom. The molecule has 0 saturated carbocycles. The van der Waals surface area contributed by atoms with Gasteiger partial charge in [-0.3, -0.25) is 9.59 Å². The lowest BCUT2D eigenvalue weighted by Gasteiger charge is -2.18. The van der Waals surface area contributed by atoms with Gasteiger partial charge in [0.15, 0.2) is 6.61 Å². The molecule has 1 aliphatic rings. The number of amides is 2. The van der Waals surface area contributed by atoms with E-state index in [4.69, 9.17) is 9.47 Å². The fourth-order valence-electron chi connectivity index (χ4n) is 2.88. The molecule has 0 spiro atoms. The molecule has 0 aromatic heterocycles. The zero-order chi connectivity index (χ0) is 20.2. The highest BCUT2D eigenvalue weighted by Crippen LogP contribution is 2.29. The van der Waals surface area contributed by atoms with Gasteiger partial charge in [-0.15, -0.1) is 0 Å². The molecule has 29 heavy (non-hydrogen) atoms. The van der Waals surface area contributed by atoms with Crippen molar-refractivity contribution in [3.05, 3.63) is 83.7 Å². The van der Waals surface area contributed by atoms with Crippen LogP contribution in [0.2, 0.25) is 0 Å². The molecule has 146 valence electrons. The number of nitrogens with one attached hydrogen (secondary N) is 2. The van der Waals surface area contributed by atoms with Gasteiger partial charge < -0.3 is 20.1 Å². The second-order valence-corrected chi connectivity index (χ2v) is 6.45. The first-order valence-electron chi connectivity index (χ1n) is 8.92. The maximum Gasteiger partial charge on any atom is 0.262 e. The van der Waals surface area contributed by atoms with E-state index in [9.17, 15) is 14.0 Å². The van der Waals surface area contributed by atoms with Crippen molar-refractivity contribution in [1.82, 2.24) is 0 Å². The third-order valence-electron chi connectivity index (χ3n) is 4.26. The Morgan fingerprint density at radius 1 is 1.10 bits per heavy atom. The zero-order valence-corrected chi connectivity index (χ0v) is 15.3. The van der Waals surface area contributed by atoms with Gasteiger partial charge in [-0.2, -0.15) is 0 Å². The summed E-state index contributed by atoms with van der Waals surface area (Å²) >= 11 is 0. The second kappa shape index (κ2) is 8.02. The summed E-state index contributed by atoms with van der Waals surface area (Å²) in [6.07, 6.45) is 0. The van der Waals surface area contributed by atoms with E-state index < -0.39 is 0 Å². The summed E-state index contributed by atoms with van der Waals surface area (Å²) in [5, 5.41) is 5.47. The van der Waals surface area contributed by atoms with Crippen molar-refractivity contribution in [3.8, 4) is 11.5 Å². The molecule has 0 unspecified atom stereocenters. The van der Waals surface area contributed by atoms with Gasteiger partial charge in [-0.25, -0.2) is 4.39 Å². The minimum absolute atomic E-state index is 0.0407. The number of halogens is 1. The molecule has 2 N–H and O–H groups in total. The number of ether oxygens (including phenoxy) is 2. The minimum atomic E-state index is -0.338. The topological polar surface area (TPSA) is 76.7 Å². The van der Waals surface area contributed by atoms with Crippen molar-refractivity contribution in [2.24, 2.45) is 0 Å². The summed E-state index contributed by atoms with van der Waals surface area (Å²) in [6, 6.07) is 17.9. The first-order valence-corrected chi connectivity index (χ1v) is 8.92. The van der Waals surface area contributed by atoms with Crippen LogP contribution in [0.5, 0.6) is 11.5 Å². The number of hydrogen-bond donors (Lipinski definition) is 2. The number of carbonyl (C=O) groups excluding carboxylic acids is 2. The molecule has 0 atom stereocenters. The van der Waals surface area contributed by atoms with E-state index >= 15 is 0 Å². The minimum Gasteiger partial charge on any atom is -0.489 e. The van der Waals surface area contributed by atoms with E-state index in [2.05, 4.69) is 10.6 Å². The molecule has 1 aliphatic heterocycles. The van der Waals surface area contributed by atoms with E-state index in [-0.39, 0.29) is 30.8 Å². The van der Waals surface area contributed by atoms with Crippen LogP contribution in [0.1, 0.15) is 15.9 Å². The Kier molecular flexibility index (Phi) is 5.11. The van der Waals surface area contributed by atoms with Gasteiger partial charge in [0.05, 0.1) is 5.69 Å². The molecule has 0 bridgehead atoms. The largest absolute Gasteiger partial charge is 0.489 e. The van der Waals surface area contributed by atoms with E-state index in [1.807, 2.05) is 0 Å². The molecule has 4 rings (SSSR count). The number of rotatable bonds is 5. The lowest BCUT2D eigenvalue weighted by Crippen LogP contribution is -2.25. The Hall–Kier alpha value is -3.87. The van der Waals surface area contributed by atoms with Crippen LogP contribution in [-0.4, -0.2) is 18.4 Å². The average Bonchev–Trinajstić information content (AvgIpc) is 2.72. The number of carbonyl (C=O) groups is 2. The molecule has 6 nitrogen and oxygen atoms in total. The summed E-state index contributed by atoms with van der Waals surface area (Å²) in [6.45, 7) is 0.167. The fraction of sp³-hybridized carbons (Fsp3) is 0.0909. The molecular weight excluding hydrogens is 375 g/mol. The van der Waals surface area contributed by atoms with Crippen molar-refractivity contribution in [2.75, 3.05) is 17.2 Å². The molecule has 2 amide bonds. The van der Waals surface area contributed by atoms with Crippen molar-refractivity contribution in [1.29, 1.82) is 0 Å². The first kappa shape index (κ1) is 18.5. The van der Waals surface area contributed by atoms with Gasteiger partial charge in [0.25, 0.3) is 11.8 Å². The lowest BCUT2D eigenvalue weighted by molar-refractivity contribution is -0.118. The zero-order valence-electron chi connectivity index (χ0n) is 15.3. The summed E-state index contributed by atoms with van der Waals surface area (Å²) in [7, 11) is 0. The molecule has 1 heterocycles. The number of anilines is 2. The molecule has 0 aliphatic carbocycles. The summed E-state index contributed by atoms with van der Waals surface area (Å²) in [4.78, 5) is 24.0. The predicted octanol–water partition coefficient (Wildman–Crippen LogP) is 3.99. The van der Waals surface area contributed by atoms with Crippen LogP contribution in [0, 0.1) is 5.82 Å². The van der Waals surface area contributed by atoms with E-state index in [0.29, 0.717) is 34.0 Å². The van der Waals surface area contributed by atoms with Crippen LogP contribution in [0.15, 0.2) is 66.7 Å². The quantitative estimate of drug-likeness (QED) is 0.688. The molecule has 0 radical (unpaired) electrons.